The fourth-order valence-corrected chi connectivity index (χ4v) is 5.13. The van der Waals surface area contributed by atoms with Gasteiger partial charge in [0.15, 0.2) is 0 Å². The molecule has 4 unspecified atom stereocenters. The van der Waals surface area contributed by atoms with Gasteiger partial charge in [-0.2, -0.15) is 0 Å². The van der Waals surface area contributed by atoms with Crippen LogP contribution in [-0.4, -0.2) is 36.6 Å². The Labute approximate surface area is 135 Å². The summed E-state index contributed by atoms with van der Waals surface area (Å²) in [6.07, 6.45) is 12.3. The summed E-state index contributed by atoms with van der Waals surface area (Å²) < 4.78 is 6.31. The molecule has 124 valence electrons. The molecular weight excluding hydrogens is 274 g/mol. The van der Waals surface area contributed by atoms with Crippen molar-refractivity contribution in [2.45, 2.75) is 64.4 Å². The van der Waals surface area contributed by atoms with Crippen molar-refractivity contribution in [3.05, 3.63) is 12.7 Å². The fraction of sp³-hybridized carbons (Fsp3) is 0.842. The third-order valence-corrected chi connectivity index (χ3v) is 6.26. The van der Waals surface area contributed by atoms with Crippen LogP contribution in [0.2, 0.25) is 0 Å². The van der Waals surface area contributed by atoms with Gasteiger partial charge in [0.2, 0.25) is 5.91 Å². The molecule has 3 fully saturated rings. The lowest BCUT2D eigenvalue weighted by Gasteiger charge is -2.48. The zero-order valence-corrected chi connectivity index (χ0v) is 14.1. The molecule has 3 aliphatic rings. The zero-order chi connectivity index (χ0) is 15.6. The molecular formula is C19H31NO2. The number of amides is 1. The molecule has 4 atom stereocenters. The zero-order valence-electron chi connectivity index (χ0n) is 14.1. The second-order valence-electron chi connectivity index (χ2n) is 7.89. The molecule has 0 radical (unpaired) electrons. The summed E-state index contributed by atoms with van der Waals surface area (Å²) in [5.41, 5.74) is 0.442. The summed E-state index contributed by atoms with van der Waals surface area (Å²) in [4.78, 5) is 13.5. The number of hydrogen-bond donors (Lipinski definition) is 0. The Hall–Kier alpha value is -0.830. The summed E-state index contributed by atoms with van der Waals surface area (Å²) in [6.45, 7) is 8.41. The van der Waals surface area contributed by atoms with Crippen LogP contribution in [0.4, 0.5) is 0 Å². The van der Waals surface area contributed by atoms with Gasteiger partial charge in [0.05, 0.1) is 12.7 Å². The highest BCUT2D eigenvalue weighted by molar-refractivity contribution is 5.87. The molecule has 1 aliphatic heterocycles. The van der Waals surface area contributed by atoms with Gasteiger partial charge in [-0.15, -0.1) is 0 Å². The van der Waals surface area contributed by atoms with Crippen LogP contribution in [0.15, 0.2) is 12.7 Å². The normalized spacial score (nSPS) is 38.0. The minimum Gasteiger partial charge on any atom is -0.376 e. The maximum absolute atomic E-state index is 11.7. The van der Waals surface area contributed by atoms with Crippen molar-refractivity contribution < 1.29 is 9.53 Å². The Morgan fingerprint density at radius 1 is 1.41 bits per heavy atom. The first-order chi connectivity index (χ1) is 10.6. The van der Waals surface area contributed by atoms with Crippen molar-refractivity contribution in [2.75, 3.05) is 19.7 Å². The molecule has 22 heavy (non-hydrogen) atoms. The predicted octanol–water partition coefficient (Wildman–Crippen LogP) is 3.79. The smallest absolute Gasteiger partial charge is 0.246 e. The van der Waals surface area contributed by atoms with E-state index >= 15 is 0 Å². The summed E-state index contributed by atoms with van der Waals surface area (Å²) in [6, 6.07) is 0. The molecule has 1 heterocycles. The summed E-state index contributed by atoms with van der Waals surface area (Å²) in [5, 5.41) is 0. The van der Waals surface area contributed by atoms with Gasteiger partial charge in [0, 0.05) is 13.1 Å². The number of carbonyl (C=O) groups excluding carboxylic acids is 1. The fourth-order valence-electron chi connectivity index (χ4n) is 5.13. The molecule has 2 bridgehead atoms. The Morgan fingerprint density at radius 3 is 3.05 bits per heavy atom. The molecule has 3 heteroatoms. The highest BCUT2D eigenvalue weighted by atomic mass is 16.5. The van der Waals surface area contributed by atoms with Crippen molar-refractivity contribution in [2.24, 2.45) is 17.3 Å². The number of nitrogens with zero attached hydrogens (tertiary/aromatic N) is 1. The van der Waals surface area contributed by atoms with Crippen LogP contribution in [0.5, 0.6) is 0 Å². The van der Waals surface area contributed by atoms with Gasteiger partial charge in [-0.05, 0) is 55.4 Å². The number of carbonyl (C=O) groups is 1. The quantitative estimate of drug-likeness (QED) is 0.723. The van der Waals surface area contributed by atoms with E-state index in [1.165, 1.54) is 51.0 Å². The third kappa shape index (κ3) is 3.40. The predicted molar refractivity (Wildman–Crippen MR) is 88.5 cm³/mol. The van der Waals surface area contributed by atoms with Crippen LogP contribution in [0.25, 0.3) is 0 Å². The molecule has 2 aliphatic carbocycles. The molecule has 0 aromatic heterocycles. The van der Waals surface area contributed by atoms with Crippen LogP contribution in [-0.2, 0) is 9.53 Å². The van der Waals surface area contributed by atoms with Crippen LogP contribution < -0.4 is 0 Å². The standard InChI is InChI=1S/C19H31NO2/c1-3-15-10-16-6-5-8-19(11-15,12-16)14-22-17-7-9-20(13-17)18(21)4-2/h4,15-17H,2-3,5-14H2,1H3. The van der Waals surface area contributed by atoms with Gasteiger partial charge in [0.25, 0.3) is 0 Å². The van der Waals surface area contributed by atoms with E-state index in [9.17, 15) is 4.79 Å². The van der Waals surface area contributed by atoms with E-state index in [-0.39, 0.29) is 12.0 Å². The topological polar surface area (TPSA) is 29.5 Å². The van der Waals surface area contributed by atoms with Crippen molar-refractivity contribution in [1.82, 2.24) is 4.90 Å². The molecule has 3 rings (SSSR count). The van der Waals surface area contributed by atoms with E-state index in [1.807, 2.05) is 4.90 Å². The number of hydrogen-bond acceptors (Lipinski definition) is 2. The average Bonchev–Trinajstić information content (AvgIpc) is 3.01. The van der Waals surface area contributed by atoms with Gasteiger partial charge in [-0.3, -0.25) is 4.79 Å². The van der Waals surface area contributed by atoms with Gasteiger partial charge in [0.1, 0.15) is 0 Å². The lowest BCUT2D eigenvalue weighted by atomic mass is 9.59. The largest absolute Gasteiger partial charge is 0.376 e. The first kappa shape index (κ1) is 16.0. The van der Waals surface area contributed by atoms with Crippen LogP contribution >= 0.6 is 0 Å². The average molecular weight is 305 g/mol. The SMILES string of the molecule is C=CC(=O)N1CCC(OCC23CCCC(CC(CC)C2)C3)C1. The van der Waals surface area contributed by atoms with E-state index in [0.29, 0.717) is 5.41 Å². The number of ether oxygens (including phenoxy) is 1. The van der Waals surface area contributed by atoms with E-state index in [0.717, 1.165) is 38.0 Å². The van der Waals surface area contributed by atoms with Crippen LogP contribution in [0, 0.1) is 17.3 Å². The van der Waals surface area contributed by atoms with Crippen molar-refractivity contribution >= 4 is 5.91 Å². The van der Waals surface area contributed by atoms with Crippen molar-refractivity contribution in [1.29, 1.82) is 0 Å². The number of rotatable bonds is 5. The number of likely N-dealkylation sites (tertiary alicyclic amines) is 1. The maximum Gasteiger partial charge on any atom is 0.246 e. The molecule has 3 nitrogen and oxygen atoms in total. The Balaban J connectivity index is 1.54. The van der Waals surface area contributed by atoms with Crippen LogP contribution in [0.1, 0.15) is 58.3 Å². The van der Waals surface area contributed by atoms with Crippen molar-refractivity contribution in [3.8, 4) is 0 Å². The van der Waals surface area contributed by atoms with E-state index in [1.54, 1.807) is 0 Å². The minimum absolute atomic E-state index is 0.0470. The van der Waals surface area contributed by atoms with E-state index in [2.05, 4.69) is 13.5 Å². The summed E-state index contributed by atoms with van der Waals surface area (Å²) in [5.74, 6) is 1.90. The monoisotopic (exact) mass is 305 g/mol. The lowest BCUT2D eigenvalue weighted by Crippen LogP contribution is -2.41. The molecule has 2 saturated carbocycles. The Morgan fingerprint density at radius 2 is 2.27 bits per heavy atom. The second kappa shape index (κ2) is 6.74. The highest BCUT2D eigenvalue weighted by Gasteiger charge is 2.43. The Kier molecular flexibility index (Phi) is 4.91. The van der Waals surface area contributed by atoms with Gasteiger partial charge in [-0.1, -0.05) is 32.8 Å². The number of fused-ring (bicyclic) bond motifs is 2. The summed E-state index contributed by atoms with van der Waals surface area (Å²) >= 11 is 0. The molecule has 0 spiro atoms. The molecule has 1 amide bonds. The first-order valence-corrected chi connectivity index (χ1v) is 9.17. The Bertz CT molecular complexity index is 422. The van der Waals surface area contributed by atoms with Crippen LogP contribution in [0.3, 0.4) is 0 Å². The first-order valence-electron chi connectivity index (χ1n) is 9.17. The second-order valence-corrected chi connectivity index (χ2v) is 7.89. The van der Waals surface area contributed by atoms with Crippen molar-refractivity contribution in [3.63, 3.8) is 0 Å². The highest BCUT2D eigenvalue weighted by Crippen LogP contribution is 2.52. The summed E-state index contributed by atoms with van der Waals surface area (Å²) in [7, 11) is 0. The third-order valence-electron chi connectivity index (χ3n) is 6.26. The van der Waals surface area contributed by atoms with E-state index < -0.39 is 0 Å². The lowest BCUT2D eigenvalue weighted by molar-refractivity contribution is -0.125. The van der Waals surface area contributed by atoms with E-state index in [4.69, 9.17) is 4.74 Å². The molecule has 0 aromatic carbocycles. The maximum atomic E-state index is 11.7. The molecule has 0 aromatic rings. The van der Waals surface area contributed by atoms with Gasteiger partial charge >= 0.3 is 0 Å². The molecule has 1 saturated heterocycles. The minimum atomic E-state index is 0.0470. The molecule has 0 N–H and O–H groups in total. The van der Waals surface area contributed by atoms with Gasteiger partial charge in [-0.25, -0.2) is 0 Å². The van der Waals surface area contributed by atoms with Gasteiger partial charge < -0.3 is 9.64 Å².